The van der Waals surface area contributed by atoms with E-state index in [1.807, 2.05) is 24.3 Å². The third-order valence-corrected chi connectivity index (χ3v) is 4.09. The highest BCUT2D eigenvalue weighted by atomic mass is 35.5. The summed E-state index contributed by atoms with van der Waals surface area (Å²) in [6.07, 6.45) is 0. The average Bonchev–Trinajstić information content (AvgIpc) is 2.43. The molecule has 1 amide bonds. The lowest BCUT2D eigenvalue weighted by Crippen LogP contribution is -2.35. The van der Waals surface area contributed by atoms with Crippen LogP contribution >= 0.6 is 23.4 Å². The molecule has 0 aliphatic heterocycles. The van der Waals surface area contributed by atoms with Crippen molar-refractivity contribution in [3.05, 3.63) is 29.3 Å². The number of rotatable bonds is 8. The van der Waals surface area contributed by atoms with Crippen LogP contribution in [0.1, 0.15) is 13.8 Å². The second kappa shape index (κ2) is 9.23. The molecule has 0 aromatic heterocycles. The fraction of sp³-hybridized carbons (Fsp3) is 0.500. The Morgan fingerprint density at radius 2 is 1.89 bits per heavy atom. The standard InChI is InChI=1S/C14H21ClN2OS/c1-3-17(4-2)10-9-16-14(18)11-19-13-7-5-12(15)6-8-13/h5-8H,3-4,9-11H2,1-2H3,(H,16,18). The fourth-order valence-electron chi connectivity index (χ4n) is 1.62. The van der Waals surface area contributed by atoms with Crippen molar-refractivity contribution >= 4 is 29.3 Å². The molecule has 106 valence electrons. The summed E-state index contributed by atoms with van der Waals surface area (Å²) in [4.78, 5) is 15.0. The quantitative estimate of drug-likeness (QED) is 0.749. The van der Waals surface area contributed by atoms with Crippen molar-refractivity contribution in [2.45, 2.75) is 18.7 Å². The molecule has 0 unspecified atom stereocenters. The summed E-state index contributed by atoms with van der Waals surface area (Å²) in [5.41, 5.74) is 0. The van der Waals surface area contributed by atoms with Crippen molar-refractivity contribution in [3.8, 4) is 0 Å². The minimum absolute atomic E-state index is 0.0760. The van der Waals surface area contributed by atoms with Gasteiger partial charge < -0.3 is 10.2 Å². The zero-order valence-corrected chi connectivity index (χ0v) is 13.1. The Bertz CT molecular complexity index is 380. The van der Waals surface area contributed by atoms with Gasteiger partial charge in [0.15, 0.2) is 0 Å². The number of carbonyl (C=O) groups is 1. The van der Waals surface area contributed by atoms with Gasteiger partial charge in [0.1, 0.15) is 0 Å². The van der Waals surface area contributed by atoms with Crippen LogP contribution in [0.4, 0.5) is 0 Å². The van der Waals surface area contributed by atoms with Crippen LogP contribution in [0, 0.1) is 0 Å². The molecule has 1 rings (SSSR count). The van der Waals surface area contributed by atoms with Crippen molar-refractivity contribution in [2.75, 3.05) is 31.9 Å². The molecule has 0 atom stereocenters. The van der Waals surface area contributed by atoms with Crippen molar-refractivity contribution in [3.63, 3.8) is 0 Å². The Hall–Kier alpha value is -0.710. The number of halogens is 1. The summed E-state index contributed by atoms with van der Waals surface area (Å²) < 4.78 is 0. The molecule has 0 spiro atoms. The number of nitrogens with one attached hydrogen (secondary N) is 1. The van der Waals surface area contributed by atoms with E-state index in [9.17, 15) is 4.79 Å². The maximum absolute atomic E-state index is 11.7. The minimum Gasteiger partial charge on any atom is -0.354 e. The number of benzene rings is 1. The molecule has 0 bridgehead atoms. The molecule has 0 heterocycles. The molecule has 0 saturated carbocycles. The summed E-state index contributed by atoms with van der Waals surface area (Å²) in [6, 6.07) is 7.52. The first-order valence-electron chi connectivity index (χ1n) is 6.53. The van der Waals surface area contributed by atoms with Crippen molar-refractivity contribution in [2.24, 2.45) is 0 Å². The number of nitrogens with zero attached hydrogens (tertiary/aromatic N) is 1. The second-order valence-electron chi connectivity index (χ2n) is 4.12. The fourth-order valence-corrected chi connectivity index (χ4v) is 2.48. The molecule has 0 radical (unpaired) electrons. The van der Waals surface area contributed by atoms with Gasteiger partial charge in [0.05, 0.1) is 5.75 Å². The van der Waals surface area contributed by atoms with Crippen LogP contribution in [-0.2, 0) is 4.79 Å². The predicted octanol–water partition coefficient (Wildman–Crippen LogP) is 2.89. The van der Waals surface area contributed by atoms with E-state index < -0.39 is 0 Å². The van der Waals surface area contributed by atoms with Crippen LogP contribution in [0.15, 0.2) is 29.2 Å². The van der Waals surface area contributed by atoms with Gasteiger partial charge in [0, 0.05) is 23.0 Å². The largest absolute Gasteiger partial charge is 0.354 e. The molecule has 3 nitrogen and oxygen atoms in total. The molecule has 5 heteroatoms. The summed E-state index contributed by atoms with van der Waals surface area (Å²) >= 11 is 7.33. The molecule has 0 fully saturated rings. The maximum atomic E-state index is 11.7. The van der Waals surface area contributed by atoms with Crippen LogP contribution in [0.2, 0.25) is 5.02 Å². The van der Waals surface area contributed by atoms with E-state index in [0.717, 1.165) is 24.5 Å². The zero-order chi connectivity index (χ0) is 14.1. The van der Waals surface area contributed by atoms with Crippen LogP contribution in [0.3, 0.4) is 0 Å². The van der Waals surface area contributed by atoms with E-state index in [2.05, 4.69) is 24.1 Å². The second-order valence-corrected chi connectivity index (χ2v) is 5.60. The molecule has 1 N–H and O–H groups in total. The highest BCUT2D eigenvalue weighted by molar-refractivity contribution is 8.00. The van der Waals surface area contributed by atoms with E-state index in [4.69, 9.17) is 11.6 Å². The van der Waals surface area contributed by atoms with Gasteiger partial charge in [-0.3, -0.25) is 4.79 Å². The lowest BCUT2D eigenvalue weighted by atomic mass is 10.4. The first-order valence-corrected chi connectivity index (χ1v) is 7.89. The van der Waals surface area contributed by atoms with Crippen LogP contribution in [0.25, 0.3) is 0 Å². The normalized spacial score (nSPS) is 10.7. The molecule has 0 aliphatic carbocycles. The van der Waals surface area contributed by atoms with Gasteiger partial charge >= 0.3 is 0 Å². The van der Waals surface area contributed by atoms with Crippen molar-refractivity contribution in [1.29, 1.82) is 0 Å². The number of hydrogen-bond donors (Lipinski definition) is 1. The molecule has 1 aromatic carbocycles. The van der Waals surface area contributed by atoms with Gasteiger partial charge in [-0.05, 0) is 37.4 Å². The number of likely N-dealkylation sites (N-methyl/N-ethyl adjacent to an activating group) is 1. The van der Waals surface area contributed by atoms with Crippen molar-refractivity contribution < 1.29 is 4.79 Å². The zero-order valence-electron chi connectivity index (χ0n) is 11.5. The van der Waals surface area contributed by atoms with Crippen LogP contribution < -0.4 is 5.32 Å². The molecular weight excluding hydrogens is 280 g/mol. The number of thioether (sulfide) groups is 1. The third-order valence-electron chi connectivity index (χ3n) is 2.83. The van der Waals surface area contributed by atoms with E-state index >= 15 is 0 Å². The Balaban J connectivity index is 2.19. The summed E-state index contributed by atoms with van der Waals surface area (Å²) in [5.74, 6) is 0.520. The predicted molar refractivity (Wildman–Crippen MR) is 83.0 cm³/mol. The van der Waals surface area contributed by atoms with Gasteiger partial charge in [-0.1, -0.05) is 25.4 Å². The first kappa shape index (κ1) is 16.3. The SMILES string of the molecule is CCN(CC)CCNC(=O)CSc1ccc(Cl)cc1. The van der Waals surface area contributed by atoms with Gasteiger partial charge in [-0.25, -0.2) is 0 Å². The highest BCUT2D eigenvalue weighted by Crippen LogP contribution is 2.19. The highest BCUT2D eigenvalue weighted by Gasteiger charge is 2.04. The van der Waals surface area contributed by atoms with E-state index in [1.54, 1.807) is 0 Å². The Morgan fingerprint density at radius 1 is 1.26 bits per heavy atom. The Labute approximate surface area is 124 Å². The van der Waals surface area contributed by atoms with Gasteiger partial charge in [0.2, 0.25) is 5.91 Å². The number of amides is 1. The maximum Gasteiger partial charge on any atom is 0.230 e. The number of hydrogen-bond acceptors (Lipinski definition) is 3. The first-order chi connectivity index (χ1) is 9.15. The smallest absolute Gasteiger partial charge is 0.230 e. The van der Waals surface area contributed by atoms with Crippen LogP contribution in [0.5, 0.6) is 0 Å². The van der Waals surface area contributed by atoms with Gasteiger partial charge in [0.25, 0.3) is 0 Å². The molecule has 0 aliphatic rings. The van der Waals surface area contributed by atoms with E-state index in [0.29, 0.717) is 17.3 Å². The average molecular weight is 301 g/mol. The molecular formula is C14H21ClN2OS. The topological polar surface area (TPSA) is 32.3 Å². The lowest BCUT2D eigenvalue weighted by molar-refractivity contribution is -0.118. The minimum atomic E-state index is 0.0760. The third kappa shape index (κ3) is 6.85. The summed E-state index contributed by atoms with van der Waals surface area (Å²) in [5, 5.41) is 3.65. The van der Waals surface area contributed by atoms with E-state index in [-0.39, 0.29) is 5.91 Å². The Kier molecular flexibility index (Phi) is 7.94. The van der Waals surface area contributed by atoms with Gasteiger partial charge in [-0.15, -0.1) is 11.8 Å². The van der Waals surface area contributed by atoms with Crippen molar-refractivity contribution in [1.82, 2.24) is 10.2 Å². The van der Waals surface area contributed by atoms with Crippen LogP contribution in [-0.4, -0.2) is 42.7 Å². The monoisotopic (exact) mass is 300 g/mol. The lowest BCUT2D eigenvalue weighted by Gasteiger charge is -2.17. The molecule has 1 aromatic rings. The summed E-state index contributed by atoms with van der Waals surface area (Å²) in [7, 11) is 0. The molecule has 19 heavy (non-hydrogen) atoms. The summed E-state index contributed by atoms with van der Waals surface area (Å²) in [6.45, 7) is 7.91. The Morgan fingerprint density at radius 3 is 2.47 bits per heavy atom. The molecule has 0 saturated heterocycles. The van der Waals surface area contributed by atoms with Gasteiger partial charge in [-0.2, -0.15) is 0 Å². The van der Waals surface area contributed by atoms with E-state index in [1.165, 1.54) is 11.8 Å². The number of carbonyl (C=O) groups excluding carboxylic acids is 1.